The van der Waals surface area contributed by atoms with Crippen LogP contribution in [0.1, 0.15) is 5.56 Å². The summed E-state index contributed by atoms with van der Waals surface area (Å²) in [5, 5.41) is 16.2. The molecule has 0 aliphatic heterocycles. The van der Waals surface area contributed by atoms with E-state index in [1.165, 1.54) is 13.2 Å². The van der Waals surface area contributed by atoms with Crippen molar-refractivity contribution in [2.45, 2.75) is 12.5 Å². The molecule has 3 rings (SSSR count). The summed E-state index contributed by atoms with van der Waals surface area (Å²) in [6.45, 7) is 0. The molecule has 1 N–H and O–H groups in total. The second kappa shape index (κ2) is 8.05. The Balaban J connectivity index is 1.96. The first-order chi connectivity index (χ1) is 13.0. The summed E-state index contributed by atoms with van der Waals surface area (Å²) in [6.07, 6.45) is 0.384. The van der Waals surface area contributed by atoms with Crippen molar-refractivity contribution in [2.24, 2.45) is 0 Å². The molecule has 0 saturated heterocycles. The molecule has 0 fully saturated rings. The molecule has 0 amide bonds. The molecule has 6 nitrogen and oxygen atoms in total. The Labute approximate surface area is 160 Å². The Bertz CT molecular complexity index is 989. The van der Waals surface area contributed by atoms with Gasteiger partial charge < -0.3 is 10.1 Å². The van der Waals surface area contributed by atoms with Crippen LogP contribution in [-0.4, -0.2) is 24.0 Å². The topological polar surface area (TPSA) is 81.5 Å². The SMILES string of the molecule is COC(=O)C(Cc1ccc(Cl)cc1)Nc1ccc([N+](=O)[O-])c2ccccc12. The first-order valence-corrected chi connectivity index (χ1v) is 8.62. The number of nitrogens with one attached hydrogen (secondary N) is 1. The van der Waals surface area contributed by atoms with E-state index in [1.807, 2.05) is 12.1 Å². The van der Waals surface area contributed by atoms with E-state index in [0.717, 1.165) is 5.56 Å². The fourth-order valence-electron chi connectivity index (χ4n) is 2.95. The molecular formula is C20H17ClN2O4. The number of hydrogen-bond donors (Lipinski definition) is 1. The van der Waals surface area contributed by atoms with Crippen LogP contribution in [0, 0.1) is 10.1 Å². The second-order valence-electron chi connectivity index (χ2n) is 5.99. The number of esters is 1. The Morgan fingerprint density at radius 3 is 2.41 bits per heavy atom. The smallest absolute Gasteiger partial charge is 0.328 e. The molecule has 0 bridgehead atoms. The number of fused-ring (bicyclic) bond motifs is 1. The minimum atomic E-state index is -0.652. The molecule has 0 aliphatic carbocycles. The summed E-state index contributed by atoms with van der Waals surface area (Å²) in [7, 11) is 1.33. The molecule has 0 aromatic heterocycles. The highest BCUT2D eigenvalue weighted by Crippen LogP contribution is 2.32. The molecule has 0 saturated carbocycles. The van der Waals surface area contributed by atoms with Gasteiger partial charge in [0.1, 0.15) is 6.04 Å². The lowest BCUT2D eigenvalue weighted by atomic mass is 10.0. The third-order valence-corrected chi connectivity index (χ3v) is 4.52. The van der Waals surface area contributed by atoms with Crippen molar-refractivity contribution in [2.75, 3.05) is 12.4 Å². The maximum Gasteiger partial charge on any atom is 0.328 e. The van der Waals surface area contributed by atoms with E-state index in [9.17, 15) is 14.9 Å². The molecule has 0 heterocycles. The van der Waals surface area contributed by atoms with E-state index < -0.39 is 16.9 Å². The van der Waals surface area contributed by atoms with Crippen molar-refractivity contribution >= 4 is 39.7 Å². The Morgan fingerprint density at radius 1 is 1.11 bits per heavy atom. The lowest BCUT2D eigenvalue weighted by molar-refractivity contribution is -0.383. The van der Waals surface area contributed by atoms with Crippen molar-refractivity contribution in [1.29, 1.82) is 0 Å². The summed E-state index contributed by atoms with van der Waals surface area (Å²) >= 11 is 5.91. The highest BCUT2D eigenvalue weighted by atomic mass is 35.5. The van der Waals surface area contributed by atoms with Crippen molar-refractivity contribution in [3.63, 3.8) is 0 Å². The molecule has 1 unspecified atom stereocenters. The van der Waals surface area contributed by atoms with Gasteiger partial charge in [0.05, 0.1) is 17.4 Å². The lowest BCUT2D eigenvalue weighted by Gasteiger charge is -2.19. The van der Waals surface area contributed by atoms with Gasteiger partial charge in [-0.15, -0.1) is 0 Å². The van der Waals surface area contributed by atoms with E-state index in [0.29, 0.717) is 27.9 Å². The Kier molecular flexibility index (Phi) is 5.57. The summed E-state index contributed by atoms with van der Waals surface area (Å²) < 4.78 is 4.92. The van der Waals surface area contributed by atoms with E-state index in [-0.39, 0.29) is 5.69 Å². The number of anilines is 1. The van der Waals surface area contributed by atoms with E-state index in [4.69, 9.17) is 16.3 Å². The van der Waals surface area contributed by atoms with Gasteiger partial charge in [-0.1, -0.05) is 41.9 Å². The number of non-ortho nitro benzene ring substituents is 1. The van der Waals surface area contributed by atoms with Crippen molar-refractivity contribution in [3.8, 4) is 0 Å². The normalized spacial score (nSPS) is 11.8. The summed E-state index contributed by atoms with van der Waals surface area (Å²) in [4.78, 5) is 23.1. The van der Waals surface area contributed by atoms with Crippen LogP contribution in [0.5, 0.6) is 0 Å². The summed E-state index contributed by atoms with van der Waals surface area (Å²) in [6, 6.07) is 16.6. The fraction of sp³-hybridized carbons (Fsp3) is 0.150. The minimum absolute atomic E-state index is 0.0171. The lowest BCUT2D eigenvalue weighted by Crippen LogP contribution is -2.32. The molecule has 3 aromatic rings. The average molecular weight is 385 g/mol. The van der Waals surface area contributed by atoms with Crippen LogP contribution in [0.4, 0.5) is 11.4 Å². The van der Waals surface area contributed by atoms with Crippen LogP contribution in [0.2, 0.25) is 5.02 Å². The minimum Gasteiger partial charge on any atom is -0.467 e. The molecule has 7 heteroatoms. The van der Waals surface area contributed by atoms with Gasteiger partial charge >= 0.3 is 5.97 Å². The Morgan fingerprint density at radius 2 is 1.78 bits per heavy atom. The molecule has 0 spiro atoms. The number of methoxy groups -OCH3 is 1. The largest absolute Gasteiger partial charge is 0.467 e. The van der Waals surface area contributed by atoms with Gasteiger partial charge in [0.15, 0.2) is 0 Å². The Hall–Kier alpha value is -3.12. The summed E-state index contributed by atoms with van der Waals surface area (Å²) in [5.74, 6) is -0.424. The highest BCUT2D eigenvalue weighted by molar-refractivity contribution is 6.30. The van der Waals surface area contributed by atoms with Crippen LogP contribution in [0.25, 0.3) is 10.8 Å². The summed E-state index contributed by atoms with van der Waals surface area (Å²) in [5.41, 5.74) is 1.55. The molecule has 0 aliphatic rings. The predicted octanol–water partition coefficient (Wildman–Crippen LogP) is 4.60. The van der Waals surface area contributed by atoms with Crippen LogP contribution < -0.4 is 5.32 Å². The number of halogens is 1. The third kappa shape index (κ3) is 4.17. The molecule has 3 aromatic carbocycles. The van der Waals surface area contributed by atoms with Gasteiger partial charge in [0.2, 0.25) is 0 Å². The van der Waals surface area contributed by atoms with Gasteiger partial charge in [-0.2, -0.15) is 0 Å². The number of rotatable bonds is 6. The number of carbonyl (C=O) groups is 1. The number of hydrogen-bond acceptors (Lipinski definition) is 5. The van der Waals surface area contributed by atoms with E-state index in [2.05, 4.69) is 5.32 Å². The molecule has 0 radical (unpaired) electrons. The number of carbonyl (C=O) groups excluding carboxylic acids is 1. The third-order valence-electron chi connectivity index (χ3n) is 4.27. The second-order valence-corrected chi connectivity index (χ2v) is 6.42. The van der Waals surface area contributed by atoms with Gasteiger partial charge in [-0.05, 0) is 29.8 Å². The van der Waals surface area contributed by atoms with Crippen molar-refractivity contribution < 1.29 is 14.5 Å². The predicted molar refractivity (Wildman–Crippen MR) is 105 cm³/mol. The first-order valence-electron chi connectivity index (χ1n) is 8.24. The van der Waals surface area contributed by atoms with Crippen molar-refractivity contribution in [3.05, 3.63) is 81.4 Å². The van der Waals surface area contributed by atoms with Crippen LogP contribution in [0.15, 0.2) is 60.7 Å². The zero-order valence-corrected chi connectivity index (χ0v) is 15.3. The zero-order valence-electron chi connectivity index (χ0n) is 14.5. The molecule has 1 atom stereocenters. The maximum atomic E-state index is 12.3. The monoisotopic (exact) mass is 384 g/mol. The zero-order chi connectivity index (χ0) is 19.4. The molecule has 27 heavy (non-hydrogen) atoms. The number of ether oxygens (including phenoxy) is 1. The number of nitro benzene ring substituents is 1. The van der Waals surface area contributed by atoms with Crippen molar-refractivity contribution in [1.82, 2.24) is 0 Å². The van der Waals surface area contributed by atoms with Crippen LogP contribution >= 0.6 is 11.6 Å². The number of nitro groups is 1. The quantitative estimate of drug-likeness (QED) is 0.381. The fourth-order valence-corrected chi connectivity index (χ4v) is 3.07. The number of benzene rings is 3. The van der Waals surface area contributed by atoms with E-state index in [1.54, 1.807) is 42.5 Å². The molecular weight excluding hydrogens is 368 g/mol. The van der Waals surface area contributed by atoms with E-state index >= 15 is 0 Å². The molecule has 138 valence electrons. The van der Waals surface area contributed by atoms with Gasteiger partial charge in [-0.3, -0.25) is 10.1 Å². The van der Waals surface area contributed by atoms with Gasteiger partial charge in [0.25, 0.3) is 5.69 Å². The first kappa shape index (κ1) is 18.7. The standard InChI is InChI=1S/C20H17ClN2O4/c1-27-20(24)18(12-13-6-8-14(21)9-7-13)22-17-10-11-19(23(25)26)16-5-3-2-4-15(16)17/h2-11,18,22H,12H2,1H3. The van der Waals surface area contributed by atoms with Crippen LogP contribution in [0.3, 0.4) is 0 Å². The number of nitrogens with zero attached hydrogens (tertiary/aromatic N) is 1. The highest BCUT2D eigenvalue weighted by Gasteiger charge is 2.22. The van der Waals surface area contributed by atoms with Gasteiger partial charge in [-0.25, -0.2) is 4.79 Å². The average Bonchev–Trinajstić information content (AvgIpc) is 2.68. The van der Waals surface area contributed by atoms with Gasteiger partial charge in [0, 0.05) is 28.6 Å². The van der Waals surface area contributed by atoms with Crippen LogP contribution in [-0.2, 0) is 16.0 Å². The maximum absolute atomic E-state index is 12.3.